The van der Waals surface area contributed by atoms with Gasteiger partial charge in [0.25, 0.3) is 5.56 Å². The molecule has 130 valence electrons. The minimum absolute atomic E-state index is 0.211. The van der Waals surface area contributed by atoms with Crippen molar-refractivity contribution in [3.8, 4) is 11.3 Å². The predicted molar refractivity (Wildman–Crippen MR) is 102 cm³/mol. The van der Waals surface area contributed by atoms with Crippen molar-refractivity contribution < 1.29 is 4.39 Å². The number of hydrogen-bond acceptors (Lipinski definition) is 4. The summed E-state index contributed by atoms with van der Waals surface area (Å²) in [4.78, 5) is 17.3. The van der Waals surface area contributed by atoms with E-state index >= 15 is 0 Å². The molecule has 0 aliphatic carbocycles. The molecule has 0 saturated carbocycles. The zero-order chi connectivity index (χ0) is 18.3. The first-order valence-corrected chi connectivity index (χ1v) is 9.02. The Bertz CT molecular complexity index is 1160. The average molecular weight is 365 g/mol. The van der Waals surface area contributed by atoms with E-state index in [1.165, 1.54) is 28.2 Å². The van der Waals surface area contributed by atoms with Gasteiger partial charge in [0.05, 0.1) is 16.3 Å². The molecule has 0 atom stereocenters. The third kappa shape index (κ3) is 3.04. The molecule has 0 N–H and O–H groups in total. The lowest BCUT2D eigenvalue weighted by Gasteiger charge is -2.09. The van der Waals surface area contributed by atoms with Crippen molar-refractivity contribution in [2.75, 3.05) is 0 Å². The van der Waals surface area contributed by atoms with Gasteiger partial charge in [-0.2, -0.15) is 5.10 Å². The molecule has 0 amide bonds. The van der Waals surface area contributed by atoms with E-state index < -0.39 is 0 Å². The summed E-state index contributed by atoms with van der Waals surface area (Å²) in [6.45, 7) is 4.24. The quantitative estimate of drug-likeness (QED) is 0.543. The van der Waals surface area contributed by atoms with Gasteiger partial charge < -0.3 is 0 Å². The van der Waals surface area contributed by atoms with Crippen LogP contribution in [0.1, 0.15) is 16.1 Å². The van der Waals surface area contributed by atoms with Gasteiger partial charge in [-0.05, 0) is 43.7 Å². The SMILES string of the molecule is Cc1cccc(Cn2nc(-c3ccc(F)cc3)c3sc(C)nc3c2=O)c1. The molecule has 0 spiro atoms. The second kappa shape index (κ2) is 6.46. The van der Waals surface area contributed by atoms with Crippen LogP contribution in [0.25, 0.3) is 21.5 Å². The molecule has 26 heavy (non-hydrogen) atoms. The highest BCUT2D eigenvalue weighted by atomic mass is 32.1. The van der Waals surface area contributed by atoms with Crippen LogP contribution in [0.3, 0.4) is 0 Å². The van der Waals surface area contributed by atoms with E-state index in [-0.39, 0.29) is 11.4 Å². The highest BCUT2D eigenvalue weighted by Crippen LogP contribution is 2.29. The van der Waals surface area contributed by atoms with Crippen molar-refractivity contribution in [1.29, 1.82) is 0 Å². The van der Waals surface area contributed by atoms with E-state index in [1.54, 1.807) is 12.1 Å². The van der Waals surface area contributed by atoms with Crippen LogP contribution in [0, 0.1) is 19.7 Å². The second-order valence-electron chi connectivity index (χ2n) is 6.22. The Morgan fingerprint density at radius 3 is 2.62 bits per heavy atom. The summed E-state index contributed by atoms with van der Waals surface area (Å²) in [6, 6.07) is 14.1. The molecule has 4 aromatic rings. The average Bonchev–Trinajstić information content (AvgIpc) is 3.00. The number of aromatic nitrogens is 3. The first kappa shape index (κ1) is 16.6. The molecule has 0 aliphatic heterocycles. The van der Waals surface area contributed by atoms with E-state index in [1.807, 2.05) is 38.1 Å². The van der Waals surface area contributed by atoms with Gasteiger partial charge >= 0.3 is 0 Å². The molecule has 6 heteroatoms. The molecule has 2 aromatic heterocycles. The third-order valence-corrected chi connectivity index (χ3v) is 5.12. The van der Waals surface area contributed by atoms with Gasteiger partial charge in [-0.3, -0.25) is 4.79 Å². The Balaban J connectivity index is 1.92. The summed E-state index contributed by atoms with van der Waals surface area (Å²) in [5.41, 5.74) is 3.73. The molecule has 0 unspecified atom stereocenters. The van der Waals surface area contributed by atoms with Crippen LogP contribution >= 0.6 is 11.3 Å². The molecule has 0 bridgehead atoms. The number of benzene rings is 2. The Kier molecular flexibility index (Phi) is 4.12. The fourth-order valence-corrected chi connectivity index (χ4v) is 3.87. The molecular formula is C20H16FN3OS. The number of fused-ring (bicyclic) bond motifs is 1. The van der Waals surface area contributed by atoms with Gasteiger partial charge in [0.1, 0.15) is 11.5 Å². The number of halogens is 1. The van der Waals surface area contributed by atoms with E-state index in [4.69, 9.17) is 0 Å². The standard InChI is InChI=1S/C20H16FN3OS/c1-12-4-3-5-14(10-12)11-24-20(25)18-19(26-13(2)22-18)17(23-24)15-6-8-16(21)9-7-15/h3-10H,11H2,1-2H3. The largest absolute Gasteiger partial charge is 0.294 e. The Labute approximate surface area is 153 Å². The lowest BCUT2D eigenvalue weighted by atomic mass is 10.1. The maximum absolute atomic E-state index is 13.3. The molecule has 0 fully saturated rings. The molecule has 0 radical (unpaired) electrons. The number of hydrogen-bond donors (Lipinski definition) is 0. The van der Waals surface area contributed by atoms with Gasteiger partial charge in [0.15, 0.2) is 5.52 Å². The van der Waals surface area contributed by atoms with Crippen LogP contribution in [-0.2, 0) is 6.54 Å². The molecule has 0 aliphatic rings. The van der Waals surface area contributed by atoms with Crippen LogP contribution in [-0.4, -0.2) is 14.8 Å². The maximum Gasteiger partial charge on any atom is 0.294 e. The van der Waals surface area contributed by atoms with E-state index in [2.05, 4.69) is 10.1 Å². The molecule has 2 heterocycles. The van der Waals surface area contributed by atoms with Gasteiger partial charge in [-0.15, -0.1) is 11.3 Å². The van der Waals surface area contributed by atoms with Gasteiger partial charge in [-0.1, -0.05) is 29.8 Å². The zero-order valence-corrected chi connectivity index (χ0v) is 15.2. The van der Waals surface area contributed by atoms with Gasteiger partial charge in [0.2, 0.25) is 0 Å². The van der Waals surface area contributed by atoms with Gasteiger partial charge in [0, 0.05) is 5.56 Å². The summed E-state index contributed by atoms with van der Waals surface area (Å²) in [6.07, 6.45) is 0. The second-order valence-corrected chi connectivity index (χ2v) is 7.42. The first-order chi connectivity index (χ1) is 12.5. The van der Waals surface area contributed by atoms with Crippen molar-refractivity contribution >= 4 is 21.6 Å². The number of aryl methyl sites for hydroxylation is 2. The van der Waals surface area contributed by atoms with Crippen molar-refractivity contribution in [3.63, 3.8) is 0 Å². The van der Waals surface area contributed by atoms with Crippen LogP contribution in [0.2, 0.25) is 0 Å². The zero-order valence-electron chi connectivity index (χ0n) is 14.4. The van der Waals surface area contributed by atoms with Crippen LogP contribution in [0.4, 0.5) is 4.39 Å². The van der Waals surface area contributed by atoms with Gasteiger partial charge in [-0.25, -0.2) is 14.1 Å². The summed E-state index contributed by atoms with van der Waals surface area (Å²) < 4.78 is 15.5. The lowest BCUT2D eigenvalue weighted by Crippen LogP contribution is -2.24. The number of rotatable bonds is 3. The van der Waals surface area contributed by atoms with Crippen molar-refractivity contribution in [2.45, 2.75) is 20.4 Å². The number of thiazole rings is 1. The third-order valence-electron chi connectivity index (χ3n) is 4.14. The van der Waals surface area contributed by atoms with Crippen molar-refractivity contribution in [1.82, 2.24) is 14.8 Å². The van der Waals surface area contributed by atoms with E-state index in [0.717, 1.165) is 26.4 Å². The normalized spacial score (nSPS) is 11.2. The Morgan fingerprint density at radius 2 is 1.88 bits per heavy atom. The first-order valence-electron chi connectivity index (χ1n) is 8.21. The monoisotopic (exact) mass is 365 g/mol. The molecular weight excluding hydrogens is 349 g/mol. The highest BCUT2D eigenvalue weighted by molar-refractivity contribution is 7.19. The van der Waals surface area contributed by atoms with Crippen LogP contribution in [0.5, 0.6) is 0 Å². The summed E-state index contributed by atoms with van der Waals surface area (Å²) in [5, 5.41) is 5.39. The number of nitrogens with zero attached hydrogens (tertiary/aromatic N) is 3. The van der Waals surface area contributed by atoms with E-state index in [9.17, 15) is 9.18 Å². The maximum atomic E-state index is 13.3. The molecule has 4 nitrogen and oxygen atoms in total. The summed E-state index contributed by atoms with van der Waals surface area (Å²) >= 11 is 1.43. The van der Waals surface area contributed by atoms with Crippen molar-refractivity contribution in [3.05, 3.63) is 80.8 Å². The molecule has 4 rings (SSSR count). The van der Waals surface area contributed by atoms with Crippen LogP contribution < -0.4 is 5.56 Å². The smallest absolute Gasteiger partial charge is 0.265 e. The predicted octanol–water partition coefficient (Wildman–Crippen LogP) is 4.32. The summed E-state index contributed by atoms with van der Waals surface area (Å²) in [5.74, 6) is -0.307. The lowest BCUT2D eigenvalue weighted by molar-refractivity contribution is 0.627. The Morgan fingerprint density at radius 1 is 1.12 bits per heavy atom. The molecule has 0 saturated heterocycles. The minimum Gasteiger partial charge on any atom is -0.265 e. The van der Waals surface area contributed by atoms with Crippen molar-refractivity contribution in [2.24, 2.45) is 0 Å². The fourth-order valence-electron chi connectivity index (χ4n) is 2.95. The summed E-state index contributed by atoms with van der Waals surface area (Å²) in [7, 11) is 0. The topological polar surface area (TPSA) is 47.8 Å². The minimum atomic E-state index is -0.307. The fraction of sp³-hybridized carbons (Fsp3) is 0.150. The van der Waals surface area contributed by atoms with Crippen LogP contribution in [0.15, 0.2) is 53.3 Å². The molecule has 2 aromatic carbocycles. The van der Waals surface area contributed by atoms with E-state index in [0.29, 0.717) is 17.8 Å². The Hall–Kier alpha value is -2.86. The highest BCUT2D eigenvalue weighted by Gasteiger charge is 2.16.